The number of nitrogens with zero attached hydrogens (tertiary/aromatic N) is 2. The molecule has 1 aliphatic carbocycles. The van der Waals surface area contributed by atoms with E-state index in [9.17, 15) is 9.90 Å². The van der Waals surface area contributed by atoms with Gasteiger partial charge >= 0.3 is 6.09 Å². The lowest BCUT2D eigenvalue weighted by molar-refractivity contribution is -0.00634. The van der Waals surface area contributed by atoms with E-state index in [0.717, 1.165) is 32.4 Å². The van der Waals surface area contributed by atoms with Crippen molar-refractivity contribution >= 4 is 6.09 Å². The molecule has 2 aliphatic rings. The summed E-state index contributed by atoms with van der Waals surface area (Å²) in [6, 6.07) is 0.272. The van der Waals surface area contributed by atoms with Gasteiger partial charge in [-0.3, -0.25) is 4.90 Å². The number of carbonyl (C=O) groups is 1. The SMILES string of the molecule is CC(C)(C)OC(=O)N1CCN(C2CCCCCC2O)CC1. The Balaban J connectivity index is 1.83. The summed E-state index contributed by atoms with van der Waals surface area (Å²) in [4.78, 5) is 16.2. The van der Waals surface area contributed by atoms with Gasteiger partial charge in [-0.1, -0.05) is 19.3 Å². The molecule has 122 valence electrons. The van der Waals surface area contributed by atoms with Gasteiger partial charge in [-0.25, -0.2) is 4.79 Å². The molecule has 2 unspecified atom stereocenters. The predicted octanol–water partition coefficient (Wildman–Crippen LogP) is 2.23. The Hall–Kier alpha value is -0.810. The molecule has 0 aromatic carbocycles. The van der Waals surface area contributed by atoms with Gasteiger partial charge in [0.15, 0.2) is 0 Å². The molecule has 1 N–H and O–H groups in total. The minimum absolute atomic E-state index is 0.208. The largest absolute Gasteiger partial charge is 0.444 e. The lowest BCUT2D eigenvalue weighted by Gasteiger charge is -2.40. The summed E-state index contributed by atoms with van der Waals surface area (Å²) in [5.41, 5.74) is -0.439. The predicted molar refractivity (Wildman–Crippen MR) is 82.3 cm³/mol. The highest BCUT2D eigenvalue weighted by atomic mass is 16.6. The highest BCUT2D eigenvalue weighted by Crippen LogP contribution is 2.23. The Bertz CT molecular complexity index is 346. The molecule has 0 aromatic rings. The second kappa shape index (κ2) is 6.97. The van der Waals surface area contributed by atoms with Crippen LogP contribution in [0.3, 0.4) is 0 Å². The molecule has 1 amide bonds. The zero-order valence-corrected chi connectivity index (χ0v) is 13.7. The van der Waals surface area contributed by atoms with Crippen LogP contribution in [0.5, 0.6) is 0 Å². The molecular weight excluding hydrogens is 268 g/mol. The molecular formula is C16H30N2O3. The molecule has 1 saturated heterocycles. The van der Waals surface area contributed by atoms with Gasteiger partial charge in [-0.2, -0.15) is 0 Å². The quantitative estimate of drug-likeness (QED) is 0.754. The summed E-state index contributed by atoms with van der Waals surface area (Å²) >= 11 is 0. The van der Waals surface area contributed by atoms with Crippen molar-refractivity contribution in [2.45, 2.75) is 70.6 Å². The number of ether oxygens (including phenoxy) is 1. The minimum atomic E-state index is -0.439. The van der Waals surface area contributed by atoms with Crippen LogP contribution < -0.4 is 0 Å². The smallest absolute Gasteiger partial charge is 0.410 e. The number of hydrogen-bond donors (Lipinski definition) is 1. The van der Waals surface area contributed by atoms with Crippen LogP contribution in [0.15, 0.2) is 0 Å². The van der Waals surface area contributed by atoms with Gasteiger partial charge in [0, 0.05) is 32.2 Å². The van der Waals surface area contributed by atoms with Crippen molar-refractivity contribution in [3.05, 3.63) is 0 Å². The van der Waals surface area contributed by atoms with Crippen LogP contribution in [0.25, 0.3) is 0 Å². The Labute approximate surface area is 128 Å². The van der Waals surface area contributed by atoms with Crippen LogP contribution in [-0.4, -0.2) is 64.9 Å². The fourth-order valence-electron chi connectivity index (χ4n) is 3.26. The van der Waals surface area contributed by atoms with Gasteiger partial charge in [0.2, 0.25) is 0 Å². The molecule has 2 rings (SSSR count). The normalized spacial score (nSPS) is 29.0. The summed E-state index contributed by atoms with van der Waals surface area (Å²) in [7, 11) is 0. The van der Waals surface area contributed by atoms with Crippen molar-refractivity contribution in [2.75, 3.05) is 26.2 Å². The number of rotatable bonds is 1. The van der Waals surface area contributed by atoms with Crippen LogP contribution in [-0.2, 0) is 4.74 Å². The van der Waals surface area contributed by atoms with E-state index < -0.39 is 5.60 Å². The Morgan fingerprint density at radius 3 is 2.29 bits per heavy atom. The van der Waals surface area contributed by atoms with Crippen molar-refractivity contribution in [3.8, 4) is 0 Å². The molecule has 21 heavy (non-hydrogen) atoms. The first-order valence-corrected chi connectivity index (χ1v) is 8.27. The Morgan fingerprint density at radius 1 is 1.05 bits per heavy atom. The van der Waals surface area contributed by atoms with Gasteiger partial charge in [-0.15, -0.1) is 0 Å². The topological polar surface area (TPSA) is 53.0 Å². The molecule has 0 radical (unpaired) electrons. The van der Waals surface area contributed by atoms with Crippen LogP contribution in [0.1, 0.15) is 52.9 Å². The van der Waals surface area contributed by atoms with Gasteiger partial charge in [0.1, 0.15) is 5.60 Å². The molecule has 0 bridgehead atoms. The average molecular weight is 298 g/mol. The van der Waals surface area contributed by atoms with Crippen molar-refractivity contribution in [3.63, 3.8) is 0 Å². The van der Waals surface area contributed by atoms with Crippen LogP contribution in [0.4, 0.5) is 4.79 Å². The number of piperazine rings is 1. The molecule has 0 aromatic heterocycles. The standard InChI is InChI=1S/C16H30N2O3/c1-16(2,3)21-15(20)18-11-9-17(10-12-18)13-7-5-4-6-8-14(13)19/h13-14,19H,4-12H2,1-3H3. The van der Waals surface area contributed by atoms with Crippen molar-refractivity contribution < 1.29 is 14.6 Å². The van der Waals surface area contributed by atoms with Gasteiger partial charge in [0.25, 0.3) is 0 Å². The first-order chi connectivity index (χ1) is 9.87. The van der Waals surface area contributed by atoms with Gasteiger partial charge in [-0.05, 0) is 33.6 Å². The fraction of sp³-hybridized carbons (Fsp3) is 0.938. The maximum absolute atomic E-state index is 12.1. The number of aliphatic hydroxyl groups is 1. The lowest BCUT2D eigenvalue weighted by Crippen LogP contribution is -2.55. The average Bonchev–Trinajstić information content (AvgIpc) is 2.62. The van der Waals surface area contributed by atoms with Crippen molar-refractivity contribution in [1.82, 2.24) is 9.80 Å². The molecule has 1 saturated carbocycles. The highest BCUT2D eigenvalue weighted by molar-refractivity contribution is 5.68. The van der Waals surface area contributed by atoms with E-state index in [2.05, 4.69) is 4.90 Å². The third-order valence-corrected chi connectivity index (χ3v) is 4.38. The second-order valence-corrected chi connectivity index (χ2v) is 7.28. The van der Waals surface area contributed by atoms with Crippen molar-refractivity contribution in [1.29, 1.82) is 0 Å². The second-order valence-electron chi connectivity index (χ2n) is 7.28. The summed E-state index contributed by atoms with van der Waals surface area (Å²) in [5, 5.41) is 10.3. The number of amides is 1. The van der Waals surface area contributed by atoms with Gasteiger partial charge in [0.05, 0.1) is 6.10 Å². The zero-order valence-electron chi connectivity index (χ0n) is 13.7. The lowest BCUT2D eigenvalue weighted by atomic mass is 10.0. The Kier molecular flexibility index (Phi) is 5.49. The first kappa shape index (κ1) is 16.6. The summed E-state index contributed by atoms with van der Waals surface area (Å²) in [5.74, 6) is 0. The minimum Gasteiger partial charge on any atom is -0.444 e. The number of hydrogen-bond acceptors (Lipinski definition) is 4. The van der Waals surface area contributed by atoms with Crippen molar-refractivity contribution in [2.24, 2.45) is 0 Å². The molecule has 0 spiro atoms. The summed E-state index contributed by atoms with van der Waals surface area (Å²) < 4.78 is 5.42. The van der Waals surface area contributed by atoms with Crippen LogP contribution >= 0.6 is 0 Å². The van der Waals surface area contributed by atoms with Crippen LogP contribution in [0.2, 0.25) is 0 Å². The van der Waals surface area contributed by atoms with E-state index >= 15 is 0 Å². The molecule has 2 fully saturated rings. The Morgan fingerprint density at radius 2 is 1.67 bits per heavy atom. The highest BCUT2D eigenvalue weighted by Gasteiger charge is 2.32. The van der Waals surface area contributed by atoms with E-state index in [-0.39, 0.29) is 18.2 Å². The summed E-state index contributed by atoms with van der Waals surface area (Å²) in [6.07, 6.45) is 5.13. The van der Waals surface area contributed by atoms with Crippen LogP contribution in [0, 0.1) is 0 Å². The number of aliphatic hydroxyl groups excluding tert-OH is 1. The molecule has 1 aliphatic heterocycles. The molecule has 5 nitrogen and oxygen atoms in total. The van der Waals surface area contributed by atoms with E-state index in [1.807, 2.05) is 20.8 Å². The first-order valence-electron chi connectivity index (χ1n) is 8.27. The van der Waals surface area contributed by atoms with E-state index in [1.165, 1.54) is 12.8 Å². The molecule has 1 heterocycles. The van der Waals surface area contributed by atoms with E-state index in [0.29, 0.717) is 13.1 Å². The van der Waals surface area contributed by atoms with E-state index in [1.54, 1.807) is 4.90 Å². The molecule has 5 heteroatoms. The maximum Gasteiger partial charge on any atom is 0.410 e. The monoisotopic (exact) mass is 298 g/mol. The van der Waals surface area contributed by atoms with Gasteiger partial charge < -0.3 is 14.7 Å². The summed E-state index contributed by atoms with van der Waals surface area (Å²) in [6.45, 7) is 8.73. The third kappa shape index (κ3) is 4.85. The molecule has 2 atom stereocenters. The fourth-order valence-corrected chi connectivity index (χ4v) is 3.26. The number of carbonyl (C=O) groups excluding carboxylic acids is 1. The zero-order chi connectivity index (χ0) is 15.5. The van der Waals surface area contributed by atoms with E-state index in [4.69, 9.17) is 4.74 Å². The third-order valence-electron chi connectivity index (χ3n) is 4.38. The maximum atomic E-state index is 12.1.